The van der Waals surface area contributed by atoms with Gasteiger partial charge in [-0.1, -0.05) is 20.8 Å². The molecular weight excluding hydrogens is 217 g/mol. The lowest BCUT2D eigenvalue weighted by molar-refractivity contribution is -0.00360. The molecule has 0 aromatic heterocycles. The summed E-state index contributed by atoms with van der Waals surface area (Å²) in [5.74, 6) is 0. The lowest BCUT2D eigenvalue weighted by Gasteiger charge is -2.45. The minimum Gasteiger partial charge on any atom is -0.380 e. The molecular formula is C14H28FNO. The maximum Gasteiger partial charge on any atom is 0.115 e. The summed E-state index contributed by atoms with van der Waals surface area (Å²) in [6, 6.07) is 0.624. The summed E-state index contributed by atoms with van der Waals surface area (Å²) in [5.41, 5.74) is 0.158. The largest absolute Gasteiger partial charge is 0.380 e. The third kappa shape index (κ3) is 3.65. The summed E-state index contributed by atoms with van der Waals surface area (Å²) in [6.45, 7) is 13.9. The predicted molar refractivity (Wildman–Crippen MR) is 70.0 cm³/mol. The van der Waals surface area contributed by atoms with E-state index in [4.69, 9.17) is 4.74 Å². The predicted octanol–water partition coefficient (Wildman–Crippen LogP) is 3.26. The summed E-state index contributed by atoms with van der Waals surface area (Å²) in [7, 11) is 0. The van der Waals surface area contributed by atoms with Crippen molar-refractivity contribution in [3.8, 4) is 0 Å². The van der Waals surface area contributed by atoms with Crippen molar-refractivity contribution in [1.82, 2.24) is 4.90 Å². The lowest BCUT2D eigenvalue weighted by Crippen LogP contribution is -2.55. The van der Waals surface area contributed by atoms with E-state index in [1.165, 1.54) is 0 Å². The monoisotopic (exact) mass is 245 g/mol. The average molecular weight is 245 g/mol. The van der Waals surface area contributed by atoms with Gasteiger partial charge in [0.15, 0.2) is 0 Å². The van der Waals surface area contributed by atoms with Crippen molar-refractivity contribution < 1.29 is 9.13 Å². The molecule has 0 spiro atoms. The number of nitrogens with zero attached hydrogens (tertiary/aromatic N) is 1. The SMILES string of the molecule is CC(F)C1COCCC(C(C)(C)C)N1C(C)C. The van der Waals surface area contributed by atoms with Gasteiger partial charge in [-0.25, -0.2) is 4.39 Å². The lowest BCUT2D eigenvalue weighted by atomic mass is 9.82. The van der Waals surface area contributed by atoms with Crippen LogP contribution in [0.1, 0.15) is 48.0 Å². The molecule has 3 unspecified atom stereocenters. The molecule has 0 aromatic carbocycles. The first-order valence-corrected chi connectivity index (χ1v) is 6.74. The Morgan fingerprint density at radius 2 is 1.82 bits per heavy atom. The van der Waals surface area contributed by atoms with Gasteiger partial charge in [0, 0.05) is 18.7 Å². The molecule has 1 aliphatic heterocycles. The van der Waals surface area contributed by atoms with Crippen molar-refractivity contribution in [3.05, 3.63) is 0 Å². The second-order valence-corrected chi connectivity index (χ2v) is 6.53. The van der Waals surface area contributed by atoms with Crippen molar-refractivity contribution in [2.24, 2.45) is 5.41 Å². The highest BCUT2D eigenvalue weighted by molar-refractivity contribution is 4.92. The minimum atomic E-state index is -0.847. The van der Waals surface area contributed by atoms with Crippen LogP contribution in [0, 0.1) is 5.41 Å². The van der Waals surface area contributed by atoms with E-state index in [0.717, 1.165) is 13.0 Å². The molecule has 1 aliphatic rings. The van der Waals surface area contributed by atoms with E-state index in [1.54, 1.807) is 6.92 Å². The Balaban J connectivity index is 3.00. The fourth-order valence-electron chi connectivity index (χ4n) is 2.86. The van der Waals surface area contributed by atoms with E-state index in [9.17, 15) is 4.39 Å². The molecule has 102 valence electrons. The summed E-state index contributed by atoms with van der Waals surface area (Å²) in [5, 5.41) is 0. The van der Waals surface area contributed by atoms with Crippen molar-refractivity contribution in [2.75, 3.05) is 13.2 Å². The van der Waals surface area contributed by atoms with Crippen molar-refractivity contribution in [2.45, 2.75) is 72.3 Å². The summed E-state index contributed by atoms with van der Waals surface area (Å²) in [4.78, 5) is 2.33. The van der Waals surface area contributed by atoms with Gasteiger partial charge in [0.25, 0.3) is 0 Å². The maximum absolute atomic E-state index is 13.8. The third-order valence-electron chi connectivity index (χ3n) is 3.69. The van der Waals surface area contributed by atoms with Crippen molar-refractivity contribution in [1.29, 1.82) is 0 Å². The Morgan fingerprint density at radius 1 is 1.24 bits per heavy atom. The summed E-state index contributed by atoms with van der Waals surface area (Å²) < 4.78 is 19.4. The molecule has 0 radical (unpaired) electrons. The molecule has 1 rings (SSSR count). The molecule has 0 aromatic rings. The van der Waals surface area contributed by atoms with Crippen LogP contribution < -0.4 is 0 Å². The fraction of sp³-hybridized carbons (Fsp3) is 1.00. The standard InChI is InChI=1S/C14H28FNO/c1-10(2)16-12(11(3)15)9-17-8-7-13(16)14(4,5)6/h10-13H,7-9H2,1-6H3. The van der Waals surface area contributed by atoms with Crippen LogP contribution >= 0.6 is 0 Å². The van der Waals surface area contributed by atoms with Crippen LogP contribution in [0.4, 0.5) is 4.39 Å². The van der Waals surface area contributed by atoms with Gasteiger partial charge in [-0.2, -0.15) is 0 Å². The topological polar surface area (TPSA) is 12.5 Å². The highest BCUT2D eigenvalue weighted by Gasteiger charge is 2.39. The van der Waals surface area contributed by atoms with Gasteiger partial charge in [-0.15, -0.1) is 0 Å². The Hall–Kier alpha value is -0.150. The average Bonchev–Trinajstić information content (AvgIpc) is 2.37. The highest BCUT2D eigenvalue weighted by Crippen LogP contribution is 2.33. The zero-order valence-electron chi connectivity index (χ0n) is 12.2. The number of halogens is 1. The van der Waals surface area contributed by atoms with E-state index >= 15 is 0 Å². The van der Waals surface area contributed by atoms with E-state index in [-0.39, 0.29) is 11.5 Å². The Kier molecular flexibility index (Phi) is 4.96. The van der Waals surface area contributed by atoms with Gasteiger partial charge in [0.1, 0.15) is 6.17 Å². The molecule has 1 heterocycles. The zero-order valence-corrected chi connectivity index (χ0v) is 12.2. The maximum atomic E-state index is 13.8. The van der Waals surface area contributed by atoms with Crippen molar-refractivity contribution >= 4 is 0 Å². The number of hydrogen-bond donors (Lipinski definition) is 0. The van der Waals surface area contributed by atoms with Gasteiger partial charge in [-0.3, -0.25) is 4.90 Å². The smallest absolute Gasteiger partial charge is 0.115 e. The summed E-state index contributed by atoms with van der Waals surface area (Å²) in [6.07, 6.45) is 0.144. The van der Waals surface area contributed by atoms with Gasteiger partial charge >= 0.3 is 0 Å². The van der Waals surface area contributed by atoms with E-state index in [2.05, 4.69) is 39.5 Å². The zero-order chi connectivity index (χ0) is 13.2. The molecule has 3 atom stereocenters. The van der Waals surface area contributed by atoms with Gasteiger partial charge < -0.3 is 4.74 Å². The molecule has 0 saturated carbocycles. The molecule has 2 nitrogen and oxygen atoms in total. The van der Waals surface area contributed by atoms with Gasteiger partial charge in [0.2, 0.25) is 0 Å². The first-order valence-electron chi connectivity index (χ1n) is 6.74. The van der Waals surface area contributed by atoms with Crippen LogP contribution in [0.5, 0.6) is 0 Å². The first-order chi connectivity index (χ1) is 7.75. The van der Waals surface area contributed by atoms with Crippen LogP contribution in [-0.4, -0.2) is 42.4 Å². The Bertz CT molecular complexity index is 235. The highest BCUT2D eigenvalue weighted by atomic mass is 19.1. The molecule has 3 heteroatoms. The van der Waals surface area contributed by atoms with Crippen LogP contribution in [-0.2, 0) is 4.74 Å². The van der Waals surface area contributed by atoms with Gasteiger partial charge in [0.05, 0.1) is 12.6 Å². The number of hydrogen-bond acceptors (Lipinski definition) is 2. The van der Waals surface area contributed by atoms with Crippen LogP contribution in [0.25, 0.3) is 0 Å². The first kappa shape index (κ1) is 14.9. The van der Waals surface area contributed by atoms with Crippen LogP contribution in [0.2, 0.25) is 0 Å². The number of ether oxygens (including phenoxy) is 1. The van der Waals surface area contributed by atoms with Crippen LogP contribution in [0.3, 0.4) is 0 Å². The molecule has 1 saturated heterocycles. The minimum absolute atomic E-state index is 0.110. The molecule has 0 amide bonds. The van der Waals surface area contributed by atoms with Crippen molar-refractivity contribution in [3.63, 3.8) is 0 Å². The number of alkyl halides is 1. The second-order valence-electron chi connectivity index (χ2n) is 6.53. The Labute approximate surface area is 106 Å². The van der Waals surface area contributed by atoms with E-state index in [0.29, 0.717) is 18.7 Å². The normalized spacial score (nSPS) is 30.4. The third-order valence-corrected chi connectivity index (χ3v) is 3.69. The molecule has 0 N–H and O–H groups in total. The van der Waals surface area contributed by atoms with E-state index < -0.39 is 6.17 Å². The molecule has 0 bridgehead atoms. The quantitative estimate of drug-likeness (QED) is 0.740. The second kappa shape index (κ2) is 5.66. The fourth-order valence-corrected chi connectivity index (χ4v) is 2.86. The molecule has 1 fully saturated rings. The Morgan fingerprint density at radius 3 is 2.24 bits per heavy atom. The number of rotatable bonds is 2. The molecule has 17 heavy (non-hydrogen) atoms. The van der Waals surface area contributed by atoms with Gasteiger partial charge in [-0.05, 0) is 32.6 Å². The van der Waals surface area contributed by atoms with Crippen LogP contribution in [0.15, 0.2) is 0 Å². The summed E-state index contributed by atoms with van der Waals surface area (Å²) >= 11 is 0. The molecule has 0 aliphatic carbocycles. The van der Waals surface area contributed by atoms with E-state index in [1.807, 2.05) is 0 Å².